The van der Waals surface area contributed by atoms with Gasteiger partial charge in [-0.3, -0.25) is 14.4 Å². The molecule has 1 unspecified atom stereocenters. The number of unbranched alkanes of at least 4 members (excludes halogenated alkanes) is 12. The van der Waals surface area contributed by atoms with E-state index in [1.54, 1.807) is 0 Å². The highest BCUT2D eigenvalue weighted by molar-refractivity contribution is 5.80. The summed E-state index contributed by atoms with van der Waals surface area (Å²) in [6.45, 7) is 4.08. The lowest BCUT2D eigenvalue weighted by molar-refractivity contribution is -0.147. The largest absolute Gasteiger partial charge is 0.480 e. The van der Waals surface area contributed by atoms with E-state index in [-0.39, 0.29) is 24.5 Å². The van der Waals surface area contributed by atoms with Crippen molar-refractivity contribution >= 4 is 17.8 Å². The first-order chi connectivity index (χ1) is 20.5. The van der Waals surface area contributed by atoms with E-state index in [0.29, 0.717) is 12.8 Å². The summed E-state index contributed by atoms with van der Waals surface area (Å²) in [5.41, 5.74) is 0. The van der Waals surface area contributed by atoms with Gasteiger partial charge in [-0.2, -0.15) is 0 Å². The third-order valence-electron chi connectivity index (χ3n) is 6.96. The first-order valence-electron chi connectivity index (χ1n) is 16.8. The second kappa shape index (κ2) is 31.3. The topological polar surface area (TPSA) is 92.7 Å². The minimum atomic E-state index is -1.03. The van der Waals surface area contributed by atoms with Gasteiger partial charge in [0.05, 0.1) is 0 Å². The average molecular weight is 588 g/mol. The van der Waals surface area contributed by atoms with Crippen LogP contribution >= 0.6 is 0 Å². The van der Waals surface area contributed by atoms with Crippen LogP contribution in [0.1, 0.15) is 149 Å². The zero-order valence-corrected chi connectivity index (χ0v) is 26.8. The standard InChI is InChI=1S/C36H61NO5/c1-3-5-7-9-11-12-13-14-15-16-17-19-21-27-31-36(41)42-33(28-24-20-18-10-8-6-4-2)29-25-22-23-26-30-34(38)37-32-35(39)40/h9-11,13-14,18,24,28,33H,3-8,12,15-17,19-23,25-27,29-32H2,1-2H3,(H,37,38)(H,39,40)/b11-9-,14-13-,18-10-,28-24-. The third-order valence-corrected chi connectivity index (χ3v) is 6.96. The van der Waals surface area contributed by atoms with Crippen molar-refractivity contribution < 1.29 is 24.2 Å². The maximum atomic E-state index is 12.5. The van der Waals surface area contributed by atoms with E-state index in [1.807, 2.05) is 6.08 Å². The van der Waals surface area contributed by atoms with Gasteiger partial charge in [0.25, 0.3) is 0 Å². The molecular weight excluding hydrogens is 526 g/mol. The van der Waals surface area contributed by atoms with Gasteiger partial charge in [-0.25, -0.2) is 0 Å². The number of esters is 1. The second-order valence-electron chi connectivity index (χ2n) is 11.1. The molecule has 0 saturated heterocycles. The van der Waals surface area contributed by atoms with E-state index in [0.717, 1.165) is 77.0 Å². The van der Waals surface area contributed by atoms with Crippen LogP contribution in [0.15, 0.2) is 48.6 Å². The lowest BCUT2D eigenvalue weighted by Crippen LogP contribution is -2.28. The first-order valence-corrected chi connectivity index (χ1v) is 16.8. The summed E-state index contributed by atoms with van der Waals surface area (Å²) in [6.07, 6.45) is 38.1. The van der Waals surface area contributed by atoms with Crippen LogP contribution < -0.4 is 5.32 Å². The molecule has 0 radical (unpaired) electrons. The van der Waals surface area contributed by atoms with Crippen LogP contribution in [-0.2, 0) is 19.1 Å². The zero-order valence-electron chi connectivity index (χ0n) is 26.8. The highest BCUT2D eigenvalue weighted by Gasteiger charge is 2.11. The molecule has 0 aliphatic carbocycles. The number of allylic oxidation sites excluding steroid dienone is 7. The fourth-order valence-corrected chi connectivity index (χ4v) is 4.40. The Kier molecular flexibility index (Phi) is 29.3. The average Bonchev–Trinajstić information content (AvgIpc) is 2.97. The van der Waals surface area contributed by atoms with Crippen molar-refractivity contribution in [3.05, 3.63) is 48.6 Å². The van der Waals surface area contributed by atoms with E-state index in [4.69, 9.17) is 9.84 Å². The third kappa shape index (κ3) is 30.3. The summed E-state index contributed by atoms with van der Waals surface area (Å²) in [5, 5.41) is 11.0. The Morgan fingerprint density at radius 2 is 1.17 bits per heavy atom. The lowest BCUT2D eigenvalue weighted by atomic mass is 10.1. The Balaban J connectivity index is 4.21. The van der Waals surface area contributed by atoms with Gasteiger partial charge in [0.1, 0.15) is 12.6 Å². The summed E-state index contributed by atoms with van der Waals surface area (Å²) < 4.78 is 5.82. The van der Waals surface area contributed by atoms with Crippen molar-refractivity contribution in [2.45, 2.75) is 155 Å². The van der Waals surface area contributed by atoms with Crippen LogP contribution in [0.25, 0.3) is 0 Å². The van der Waals surface area contributed by atoms with Gasteiger partial charge in [-0.15, -0.1) is 0 Å². The van der Waals surface area contributed by atoms with Crippen LogP contribution in [0.4, 0.5) is 0 Å². The normalized spacial score (nSPS) is 12.6. The van der Waals surface area contributed by atoms with Gasteiger partial charge in [-0.1, -0.05) is 114 Å². The van der Waals surface area contributed by atoms with E-state index in [2.05, 4.69) is 61.7 Å². The van der Waals surface area contributed by atoms with Gasteiger partial charge >= 0.3 is 11.9 Å². The van der Waals surface area contributed by atoms with Crippen LogP contribution in [0, 0.1) is 0 Å². The fourth-order valence-electron chi connectivity index (χ4n) is 4.40. The number of hydrogen-bond acceptors (Lipinski definition) is 4. The molecule has 1 atom stereocenters. The molecule has 0 fully saturated rings. The smallest absolute Gasteiger partial charge is 0.322 e. The van der Waals surface area contributed by atoms with Crippen LogP contribution in [0.5, 0.6) is 0 Å². The van der Waals surface area contributed by atoms with E-state index < -0.39 is 5.97 Å². The number of nitrogens with one attached hydrogen (secondary N) is 1. The zero-order chi connectivity index (χ0) is 30.9. The molecule has 0 spiro atoms. The molecule has 0 saturated carbocycles. The molecule has 0 aromatic heterocycles. The highest BCUT2D eigenvalue weighted by Crippen LogP contribution is 2.14. The highest BCUT2D eigenvalue weighted by atomic mass is 16.5. The number of rotatable bonds is 29. The van der Waals surface area contributed by atoms with Crippen molar-refractivity contribution in [1.29, 1.82) is 0 Å². The van der Waals surface area contributed by atoms with Gasteiger partial charge in [0.15, 0.2) is 0 Å². The number of carbonyl (C=O) groups is 3. The number of hydrogen-bond donors (Lipinski definition) is 2. The van der Waals surface area contributed by atoms with E-state index >= 15 is 0 Å². The Labute approximate surface area is 257 Å². The molecule has 0 aliphatic rings. The molecule has 2 N–H and O–H groups in total. The molecule has 0 aromatic carbocycles. The van der Waals surface area contributed by atoms with E-state index in [1.165, 1.54) is 44.9 Å². The Bertz CT molecular complexity index is 784. The van der Waals surface area contributed by atoms with Gasteiger partial charge in [0, 0.05) is 12.8 Å². The molecule has 1 amide bonds. The molecule has 0 aromatic rings. The van der Waals surface area contributed by atoms with E-state index in [9.17, 15) is 14.4 Å². The van der Waals surface area contributed by atoms with Gasteiger partial charge in [0.2, 0.25) is 5.91 Å². The molecule has 240 valence electrons. The Morgan fingerprint density at radius 3 is 1.79 bits per heavy atom. The monoisotopic (exact) mass is 587 g/mol. The number of carboxylic acids is 1. The van der Waals surface area contributed by atoms with Crippen LogP contribution in [-0.4, -0.2) is 35.6 Å². The minimum absolute atomic E-state index is 0.117. The molecule has 0 heterocycles. The molecule has 42 heavy (non-hydrogen) atoms. The number of amides is 1. The lowest BCUT2D eigenvalue weighted by Gasteiger charge is -2.14. The van der Waals surface area contributed by atoms with Crippen molar-refractivity contribution in [2.75, 3.05) is 6.54 Å². The number of ether oxygens (including phenoxy) is 1. The number of aliphatic carboxylic acids is 1. The quantitative estimate of drug-likeness (QED) is 0.0516. The van der Waals surface area contributed by atoms with Crippen LogP contribution in [0.2, 0.25) is 0 Å². The molecule has 0 bridgehead atoms. The maximum Gasteiger partial charge on any atom is 0.322 e. The van der Waals surface area contributed by atoms with Gasteiger partial charge < -0.3 is 15.2 Å². The predicted molar refractivity (Wildman–Crippen MR) is 175 cm³/mol. The Hall–Kier alpha value is -2.63. The van der Waals surface area contributed by atoms with Gasteiger partial charge in [-0.05, 0) is 70.3 Å². The summed E-state index contributed by atoms with van der Waals surface area (Å²) >= 11 is 0. The first kappa shape index (κ1) is 39.4. The molecule has 0 aliphatic heterocycles. The fraction of sp³-hybridized carbons (Fsp3) is 0.694. The Morgan fingerprint density at radius 1 is 0.643 bits per heavy atom. The maximum absolute atomic E-state index is 12.5. The van der Waals surface area contributed by atoms with Crippen molar-refractivity contribution in [2.24, 2.45) is 0 Å². The summed E-state index contributed by atoms with van der Waals surface area (Å²) in [7, 11) is 0. The predicted octanol–water partition coefficient (Wildman–Crippen LogP) is 9.56. The SMILES string of the molecule is CCCC/C=C\C/C=C\CCCCCCCC(=O)OC(/C=C\C/C=C\CCCC)CCCCCCC(=O)NCC(=O)O. The van der Waals surface area contributed by atoms with Crippen molar-refractivity contribution in [3.63, 3.8) is 0 Å². The molecule has 6 heteroatoms. The number of carboxylic acid groups (broad SMARTS) is 1. The summed E-state index contributed by atoms with van der Waals surface area (Å²) in [4.78, 5) is 34.7. The molecule has 0 rings (SSSR count). The second-order valence-corrected chi connectivity index (χ2v) is 11.1. The summed E-state index contributed by atoms with van der Waals surface area (Å²) in [5.74, 6) is -1.38. The van der Waals surface area contributed by atoms with Crippen molar-refractivity contribution in [3.8, 4) is 0 Å². The number of carbonyl (C=O) groups excluding carboxylic acids is 2. The molecule has 6 nitrogen and oxygen atoms in total. The summed E-state index contributed by atoms with van der Waals surface area (Å²) in [6, 6.07) is 0. The molecular formula is C36H61NO5. The van der Waals surface area contributed by atoms with Crippen LogP contribution in [0.3, 0.4) is 0 Å². The van der Waals surface area contributed by atoms with Crippen molar-refractivity contribution in [1.82, 2.24) is 5.32 Å². The minimum Gasteiger partial charge on any atom is -0.480 e.